The maximum Gasteiger partial charge on any atom is 0.191 e. The van der Waals surface area contributed by atoms with E-state index in [1.54, 1.807) is 13.2 Å². The third-order valence-electron chi connectivity index (χ3n) is 4.71. The second-order valence-corrected chi connectivity index (χ2v) is 6.88. The Morgan fingerprint density at radius 1 is 1.15 bits per heavy atom. The summed E-state index contributed by atoms with van der Waals surface area (Å²) in [5, 5.41) is 10.4. The van der Waals surface area contributed by atoms with Crippen LogP contribution in [0.4, 0.5) is 5.69 Å². The number of aromatic hydroxyl groups is 1. The number of guanidine groups is 1. The number of anilines is 1. The molecule has 0 aromatic heterocycles. The van der Waals surface area contributed by atoms with Crippen LogP contribution in [0, 0.1) is 0 Å². The number of methoxy groups -OCH3 is 1. The van der Waals surface area contributed by atoms with Gasteiger partial charge in [0.2, 0.25) is 0 Å². The molecule has 0 unspecified atom stereocenters. The summed E-state index contributed by atoms with van der Waals surface area (Å²) >= 11 is 5.95. The summed E-state index contributed by atoms with van der Waals surface area (Å²) < 4.78 is 5.13. The molecule has 0 aliphatic carbocycles. The van der Waals surface area contributed by atoms with Gasteiger partial charge in [-0.25, -0.2) is 0 Å². The maximum absolute atomic E-state index is 9.65. The highest BCUT2D eigenvalue weighted by Crippen LogP contribution is 2.26. The van der Waals surface area contributed by atoms with Crippen molar-refractivity contribution in [1.29, 1.82) is 0 Å². The van der Waals surface area contributed by atoms with E-state index in [9.17, 15) is 5.11 Å². The minimum atomic E-state index is 0.142. The Balaban J connectivity index is 1.50. The quantitative estimate of drug-likeness (QED) is 0.608. The summed E-state index contributed by atoms with van der Waals surface area (Å²) in [5.41, 5.74) is 8.40. The van der Waals surface area contributed by atoms with Crippen LogP contribution in [0.3, 0.4) is 0 Å². The Morgan fingerprint density at radius 2 is 1.85 bits per heavy atom. The van der Waals surface area contributed by atoms with Crippen molar-refractivity contribution in [3.8, 4) is 11.5 Å². The highest BCUT2D eigenvalue weighted by atomic mass is 35.5. The highest BCUT2D eigenvalue weighted by Gasteiger charge is 2.18. The van der Waals surface area contributed by atoms with Crippen LogP contribution >= 0.6 is 11.6 Å². The van der Waals surface area contributed by atoms with Crippen molar-refractivity contribution in [2.75, 3.05) is 44.7 Å². The normalized spacial score (nSPS) is 15.1. The lowest BCUT2D eigenvalue weighted by atomic mass is 10.1. The third-order valence-corrected chi connectivity index (χ3v) is 4.97. The molecule has 0 radical (unpaired) electrons. The summed E-state index contributed by atoms with van der Waals surface area (Å²) in [6.45, 7) is 4.06. The number of phenolic OH excluding ortho intramolecular Hbond substituents is 1. The van der Waals surface area contributed by atoms with Crippen LogP contribution < -0.4 is 15.4 Å². The molecule has 3 rings (SSSR count). The molecule has 3 N–H and O–H groups in total. The fourth-order valence-electron chi connectivity index (χ4n) is 3.12. The lowest BCUT2D eigenvalue weighted by Gasteiger charge is -2.36. The first-order valence-electron chi connectivity index (χ1n) is 8.98. The number of hydrogen-bond donors (Lipinski definition) is 2. The molecule has 2 aromatic carbocycles. The van der Waals surface area contributed by atoms with Crippen molar-refractivity contribution < 1.29 is 9.84 Å². The van der Waals surface area contributed by atoms with Gasteiger partial charge in [0.25, 0.3) is 0 Å². The molecule has 1 aliphatic rings. The second-order valence-electron chi connectivity index (χ2n) is 6.45. The number of ether oxygens (including phenoxy) is 1. The van der Waals surface area contributed by atoms with Crippen LogP contribution in [0.25, 0.3) is 0 Å². The first-order chi connectivity index (χ1) is 13.1. The smallest absolute Gasteiger partial charge is 0.191 e. The minimum Gasteiger partial charge on any atom is -0.504 e. The molecule has 6 nitrogen and oxygen atoms in total. The van der Waals surface area contributed by atoms with Crippen LogP contribution in [0.5, 0.6) is 11.5 Å². The number of halogens is 1. The van der Waals surface area contributed by atoms with Crippen molar-refractivity contribution in [3.05, 3.63) is 53.1 Å². The average Bonchev–Trinajstić information content (AvgIpc) is 2.70. The lowest BCUT2D eigenvalue weighted by molar-refractivity contribution is 0.373. The van der Waals surface area contributed by atoms with E-state index in [4.69, 9.17) is 22.1 Å². The molecule has 1 heterocycles. The SMILES string of the molecule is COc1cc(CCN=C(N)N2CCN(c3ccc(Cl)cc3)CC2)ccc1O. The summed E-state index contributed by atoms with van der Waals surface area (Å²) in [6.07, 6.45) is 0.738. The van der Waals surface area contributed by atoms with Crippen LogP contribution in [-0.2, 0) is 6.42 Å². The predicted molar refractivity (Wildman–Crippen MR) is 110 cm³/mol. The van der Waals surface area contributed by atoms with Gasteiger partial charge in [-0.05, 0) is 48.4 Å². The Kier molecular flexibility index (Phi) is 6.29. The molecule has 1 saturated heterocycles. The molecule has 0 bridgehead atoms. The largest absolute Gasteiger partial charge is 0.504 e. The van der Waals surface area contributed by atoms with Crippen LogP contribution in [0.15, 0.2) is 47.5 Å². The molecule has 0 spiro atoms. The minimum absolute atomic E-state index is 0.142. The highest BCUT2D eigenvalue weighted by molar-refractivity contribution is 6.30. The number of benzene rings is 2. The summed E-state index contributed by atoms with van der Waals surface area (Å²) in [7, 11) is 1.54. The zero-order valence-electron chi connectivity index (χ0n) is 15.4. The molecule has 1 aliphatic heterocycles. The summed E-state index contributed by atoms with van der Waals surface area (Å²) in [4.78, 5) is 8.95. The Morgan fingerprint density at radius 3 is 2.52 bits per heavy atom. The molecule has 2 aromatic rings. The van der Waals surface area contributed by atoms with Crippen molar-refractivity contribution in [1.82, 2.24) is 4.90 Å². The van der Waals surface area contributed by atoms with Gasteiger partial charge in [0.05, 0.1) is 7.11 Å². The van der Waals surface area contributed by atoms with E-state index in [0.29, 0.717) is 18.3 Å². The Bertz CT molecular complexity index is 787. The molecule has 1 fully saturated rings. The van der Waals surface area contributed by atoms with Gasteiger partial charge >= 0.3 is 0 Å². The molecular formula is C20H25ClN4O2. The number of hydrogen-bond acceptors (Lipinski definition) is 4. The fraction of sp³-hybridized carbons (Fsp3) is 0.350. The van der Waals surface area contributed by atoms with Crippen LogP contribution in [0.1, 0.15) is 5.56 Å². The second kappa shape index (κ2) is 8.86. The van der Waals surface area contributed by atoms with E-state index < -0.39 is 0 Å². The molecule has 7 heteroatoms. The van der Waals surface area contributed by atoms with E-state index >= 15 is 0 Å². The van der Waals surface area contributed by atoms with E-state index in [2.05, 4.69) is 14.8 Å². The molecular weight excluding hydrogens is 364 g/mol. The van der Waals surface area contributed by atoms with Crippen molar-refractivity contribution >= 4 is 23.2 Å². The number of nitrogens with zero attached hydrogens (tertiary/aromatic N) is 3. The summed E-state index contributed by atoms with van der Waals surface area (Å²) in [5.74, 6) is 1.20. The standard InChI is InChI=1S/C20H25ClN4O2/c1-27-19-14-15(2-7-18(19)26)8-9-23-20(22)25-12-10-24(11-13-25)17-5-3-16(21)4-6-17/h2-7,14,26H,8-13H2,1H3,(H2,22,23). The zero-order chi connectivity index (χ0) is 19.2. The maximum atomic E-state index is 9.65. The van der Waals surface area contributed by atoms with E-state index in [1.165, 1.54) is 5.69 Å². The molecule has 0 saturated carbocycles. The van der Waals surface area contributed by atoms with Gasteiger partial charge in [-0.15, -0.1) is 0 Å². The fourth-order valence-corrected chi connectivity index (χ4v) is 3.25. The van der Waals surface area contributed by atoms with Crippen molar-refractivity contribution in [3.63, 3.8) is 0 Å². The van der Waals surface area contributed by atoms with Gasteiger partial charge in [0.15, 0.2) is 17.5 Å². The predicted octanol–water partition coefficient (Wildman–Crippen LogP) is 2.73. The van der Waals surface area contributed by atoms with E-state index in [1.807, 2.05) is 36.4 Å². The zero-order valence-corrected chi connectivity index (χ0v) is 16.2. The molecule has 0 atom stereocenters. The third kappa shape index (κ3) is 4.98. The van der Waals surface area contributed by atoms with Gasteiger partial charge in [0, 0.05) is 43.4 Å². The molecule has 144 valence electrons. The van der Waals surface area contributed by atoms with Gasteiger partial charge in [-0.2, -0.15) is 0 Å². The number of rotatable bonds is 5. The van der Waals surface area contributed by atoms with Crippen LogP contribution in [0.2, 0.25) is 5.02 Å². The number of nitrogens with two attached hydrogens (primary N) is 1. The monoisotopic (exact) mass is 388 g/mol. The topological polar surface area (TPSA) is 74.3 Å². The Labute approximate surface area is 164 Å². The van der Waals surface area contributed by atoms with Gasteiger partial charge in [-0.3, -0.25) is 4.99 Å². The first kappa shape index (κ1) is 19.2. The number of phenols is 1. The van der Waals surface area contributed by atoms with Crippen molar-refractivity contribution in [2.24, 2.45) is 10.7 Å². The van der Waals surface area contributed by atoms with E-state index in [0.717, 1.165) is 43.2 Å². The number of aliphatic imine (C=N–C) groups is 1. The average molecular weight is 389 g/mol. The number of piperazine rings is 1. The summed E-state index contributed by atoms with van der Waals surface area (Å²) in [6, 6.07) is 13.2. The Hall–Kier alpha value is -2.60. The van der Waals surface area contributed by atoms with Gasteiger partial charge < -0.3 is 25.4 Å². The molecule has 27 heavy (non-hydrogen) atoms. The van der Waals surface area contributed by atoms with Gasteiger partial charge in [-0.1, -0.05) is 17.7 Å². The van der Waals surface area contributed by atoms with Gasteiger partial charge in [0.1, 0.15) is 0 Å². The first-order valence-corrected chi connectivity index (χ1v) is 9.36. The molecule has 0 amide bonds. The lowest BCUT2D eigenvalue weighted by Crippen LogP contribution is -2.51. The van der Waals surface area contributed by atoms with Crippen LogP contribution in [-0.4, -0.2) is 55.8 Å². The van der Waals surface area contributed by atoms with E-state index in [-0.39, 0.29) is 5.75 Å². The van der Waals surface area contributed by atoms with Crippen molar-refractivity contribution in [2.45, 2.75) is 6.42 Å².